The maximum Gasteiger partial charge on any atom is 0.336 e. The lowest BCUT2D eigenvalue weighted by molar-refractivity contribution is -0.118. The first kappa shape index (κ1) is 20.6. The summed E-state index contributed by atoms with van der Waals surface area (Å²) in [5.74, 6) is 0.564. The highest BCUT2D eigenvalue weighted by Crippen LogP contribution is 2.21. The second kappa shape index (κ2) is 9.44. The fraction of sp³-hybridized carbons (Fsp3) is 0.261. The number of benzene rings is 2. The Balaban J connectivity index is 1.45. The molecule has 4 aromatic rings. The lowest BCUT2D eigenvalue weighted by atomic mass is 10.2. The topological polar surface area (TPSA) is 95.6 Å². The van der Waals surface area contributed by atoms with Crippen molar-refractivity contribution in [2.45, 2.75) is 19.9 Å². The number of anilines is 1. The van der Waals surface area contributed by atoms with Crippen LogP contribution in [-0.2, 0) is 16.1 Å². The Labute approximate surface area is 178 Å². The molecule has 4 rings (SSSR count). The lowest BCUT2D eigenvalue weighted by Gasteiger charge is -2.11. The molecule has 0 aliphatic heterocycles. The monoisotopic (exact) mass is 421 g/mol. The predicted molar refractivity (Wildman–Crippen MR) is 117 cm³/mol. The summed E-state index contributed by atoms with van der Waals surface area (Å²) in [5, 5.41) is 3.61. The van der Waals surface area contributed by atoms with Gasteiger partial charge >= 0.3 is 5.63 Å². The number of amides is 1. The Morgan fingerprint density at radius 3 is 2.87 bits per heavy atom. The minimum atomic E-state index is -0.439. The van der Waals surface area contributed by atoms with Crippen molar-refractivity contribution in [1.29, 1.82) is 0 Å². The van der Waals surface area contributed by atoms with Crippen LogP contribution in [0.5, 0.6) is 5.75 Å². The van der Waals surface area contributed by atoms with E-state index in [2.05, 4.69) is 10.3 Å². The number of nitrogens with one attached hydrogen (secondary N) is 1. The first-order valence-corrected chi connectivity index (χ1v) is 10.1. The number of aryl methyl sites for hydroxylation is 1. The van der Waals surface area contributed by atoms with Crippen LogP contribution in [0, 0.1) is 0 Å². The van der Waals surface area contributed by atoms with Crippen molar-refractivity contribution in [3.8, 4) is 5.75 Å². The summed E-state index contributed by atoms with van der Waals surface area (Å²) in [5.41, 5.74) is 1.71. The van der Waals surface area contributed by atoms with E-state index in [1.165, 1.54) is 6.07 Å². The third kappa shape index (κ3) is 4.92. The van der Waals surface area contributed by atoms with Crippen LogP contribution in [0.15, 0.2) is 63.8 Å². The van der Waals surface area contributed by atoms with Gasteiger partial charge in [-0.25, -0.2) is 9.78 Å². The Hall–Kier alpha value is -3.65. The second-order valence-corrected chi connectivity index (χ2v) is 6.92. The van der Waals surface area contributed by atoms with Gasteiger partial charge in [-0.1, -0.05) is 12.1 Å². The van der Waals surface area contributed by atoms with E-state index in [9.17, 15) is 9.59 Å². The van der Waals surface area contributed by atoms with E-state index in [-0.39, 0.29) is 12.5 Å². The minimum absolute atomic E-state index is 0.204. The molecule has 0 atom stereocenters. The van der Waals surface area contributed by atoms with Crippen LogP contribution in [0.25, 0.3) is 22.0 Å². The summed E-state index contributed by atoms with van der Waals surface area (Å²) in [6, 6.07) is 15.8. The minimum Gasteiger partial charge on any atom is -0.484 e. The Morgan fingerprint density at radius 2 is 2.00 bits per heavy atom. The van der Waals surface area contributed by atoms with Gasteiger partial charge in [-0.15, -0.1) is 0 Å². The van der Waals surface area contributed by atoms with Crippen LogP contribution in [-0.4, -0.2) is 35.3 Å². The average Bonchev–Trinajstić information content (AvgIpc) is 3.12. The highest BCUT2D eigenvalue weighted by molar-refractivity contribution is 5.92. The first-order chi connectivity index (χ1) is 15.1. The zero-order valence-corrected chi connectivity index (χ0v) is 17.2. The highest BCUT2D eigenvalue weighted by Gasteiger charge is 2.14. The molecule has 0 aliphatic carbocycles. The average molecular weight is 421 g/mol. The van der Waals surface area contributed by atoms with E-state index in [1.54, 1.807) is 24.3 Å². The Bertz CT molecular complexity index is 1260. The Morgan fingerprint density at radius 1 is 1.16 bits per heavy atom. The zero-order valence-electron chi connectivity index (χ0n) is 17.2. The normalized spacial score (nSPS) is 11.1. The molecule has 0 unspecified atom stereocenters. The summed E-state index contributed by atoms with van der Waals surface area (Å²) >= 11 is 0. The molecule has 1 N–H and O–H groups in total. The maximum atomic E-state index is 12.5. The summed E-state index contributed by atoms with van der Waals surface area (Å²) < 4.78 is 18.1. The number of imidazole rings is 1. The van der Waals surface area contributed by atoms with Gasteiger partial charge in [-0.3, -0.25) is 10.1 Å². The summed E-state index contributed by atoms with van der Waals surface area (Å²) in [6.07, 6.45) is 0.801. The van der Waals surface area contributed by atoms with Gasteiger partial charge in [0.25, 0.3) is 5.91 Å². The fourth-order valence-corrected chi connectivity index (χ4v) is 3.31. The standard InChI is InChI=1S/C23H23N3O5/c1-2-29-13-5-12-26-19-7-4-3-6-18(19)24-23(26)25-21(27)15-30-17-10-8-16-9-11-22(28)31-20(16)14-17/h3-4,6-11,14H,2,5,12-13,15H2,1H3,(H,24,25,27). The van der Waals surface area contributed by atoms with E-state index in [0.717, 1.165) is 22.8 Å². The molecule has 0 saturated heterocycles. The summed E-state index contributed by atoms with van der Waals surface area (Å²) in [4.78, 5) is 28.5. The predicted octanol–water partition coefficient (Wildman–Crippen LogP) is 3.59. The zero-order chi connectivity index (χ0) is 21.6. The molecule has 160 valence electrons. The van der Waals surface area contributed by atoms with Gasteiger partial charge in [0.05, 0.1) is 11.0 Å². The molecule has 0 bridgehead atoms. The van der Waals surface area contributed by atoms with E-state index in [0.29, 0.717) is 37.0 Å². The molecule has 0 aliphatic rings. The van der Waals surface area contributed by atoms with Gasteiger partial charge in [0, 0.05) is 37.3 Å². The second-order valence-electron chi connectivity index (χ2n) is 6.92. The molecule has 31 heavy (non-hydrogen) atoms. The fourth-order valence-electron chi connectivity index (χ4n) is 3.31. The number of carbonyl (C=O) groups excluding carboxylic acids is 1. The number of fused-ring (bicyclic) bond motifs is 2. The van der Waals surface area contributed by atoms with Crippen LogP contribution >= 0.6 is 0 Å². The third-order valence-electron chi connectivity index (χ3n) is 4.74. The number of carbonyl (C=O) groups is 1. The number of rotatable bonds is 9. The van der Waals surface area contributed by atoms with Crippen molar-refractivity contribution in [1.82, 2.24) is 9.55 Å². The lowest BCUT2D eigenvalue weighted by Crippen LogP contribution is -2.22. The van der Waals surface area contributed by atoms with Gasteiger partial charge in [-0.2, -0.15) is 0 Å². The number of para-hydroxylation sites is 2. The summed E-state index contributed by atoms with van der Waals surface area (Å²) in [6.45, 7) is 3.73. The smallest absolute Gasteiger partial charge is 0.336 e. The van der Waals surface area contributed by atoms with E-state index >= 15 is 0 Å². The molecule has 0 spiro atoms. The number of hydrogen-bond donors (Lipinski definition) is 1. The van der Waals surface area contributed by atoms with Crippen LogP contribution in [0.4, 0.5) is 5.95 Å². The maximum absolute atomic E-state index is 12.5. The first-order valence-electron chi connectivity index (χ1n) is 10.1. The number of aromatic nitrogens is 2. The van der Waals surface area contributed by atoms with Gasteiger partial charge in [0.1, 0.15) is 11.3 Å². The molecule has 2 aromatic heterocycles. The molecule has 2 aromatic carbocycles. The van der Waals surface area contributed by atoms with E-state index < -0.39 is 5.63 Å². The van der Waals surface area contributed by atoms with Crippen molar-refractivity contribution in [3.05, 3.63) is 65.0 Å². The molecule has 0 fully saturated rings. The van der Waals surface area contributed by atoms with Crippen molar-refractivity contribution in [2.75, 3.05) is 25.1 Å². The van der Waals surface area contributed by atoms with Gasteiger partial charge < -0.3 is 18.5 Å². The number of hydrogen-bond acceptors (Lipinski definition) is 6. The summed E-state index contributed by atoms with van der Waals surface area (Å²) in [7, 11) is 0. The molecule has 8 heteroatoms. The third-order valence-corrected chi connectivity index (χ3v) is 4.74. The van der Waals surface area contributed by atoms with Crippen molar-refractivity contribution in [3.63, 3.8) is 0 Å². The highest BCUT2D eigenvalue weighted by atomic mass is 16.5. The number of ether oxygens (including phenoxy) is 2. The van der Waals surface area contributed by atoms with Crippen molar-refractivity contribution >= 4 is 33.9 Å². The molecule has 0 saturated carbocycles. The van der Waals surface area contributed by atoms with Crippen LogP contribution < -0.4 is 15.7 Å². The molecular formula is C23H23N3O5. The largest absolute Gasteiger partial charge is 0.484 e. The van der Waals surface area contributed by atoms with Gasteiger partial charge in [0.2, 0.25) is 5.95 Å². The SMILES string of the molecule is CCOCCCn1c(NC(=O)COc2ccc3ccc(=O)oc3c2)nc2ccccc21. The molecule has 0 radical (unpaired) electrons. The quantitative estimate of drug-likeness (QED) is 0.328. The Kier molecular flexibility index (Phi) is 6.28. The number of nitrogens with zero attached hydrogens (tertiary/aromatic N) is 2. The molecule has 8 nitrogen and oxygen atoms in total. The van der Waals surface area contributed by atoms with Crippen LogP contribution in [0.3, 0.4) is 0 Å². The van der Waals surface area contributed by atoms with Crippen molar-refractivity contribution < 1.29 is 18.7 Å². The molecule has 1 amide bonds. The van der Waals surface area contributed by atoms with Crippen LogP contribution in [0.1, 0.15) is 13.3 Å². The van der Waals surface area contributed by atoms with Crippen LogP contribution in [0.2, 0.25) is 0 Å². The molecular weight excluding hydrogens is 398 g/mol. The van der Waals surface area contributed by atoms with Gasteiger partial charge in [0.15, 0.2) is 6.61 Å². The van der Waals surface area contributed by atoms with E-state index in [1.807, 2.05) is 35.8 Å². The molecule has 2 heterocycles. The van der Waals surface area contributed by atoms with Crippen molar-refractivity contribution in [2.24, 2.45) is 0 Å². The van der Waals surface area contributed by atoms with E-state index in [4.69, 9.17) is 13.9 Å². The van der Waals surface area contributed by atoms with Gasteiger partial charge in [-0.05, 0) is 43.7 Å².